The SMILES string of the molecule is CCCC1(OC(C)=O)OCCc2c1[nH]c1c(C)ccc(C#N)c21. The fraction of sp³-hybridized carbons (Fsp3) is 0.444. The van der Waals surface area contributed by atoms with Gasteiger partial charge in [-0.2, -0.15) is 5.26 Å². The Morgan fingerprint density at radius 3 is 2.96 bits per heavy atom. The van der Waals surface area contributed by atoms with Crippen LogP contribution in [0.25, 0.3) is 10.9 Å². The molecule has 1 atom stereocenters. The number of aromatic nitrogens is 1. The largest absolute Gasteiger partial charge is 0.427 e. The molecule has 2 heterocycles. The van der Waals surface area contributed by atoms with E-state index in [1.807, 2.05) is 26.0 Å². The van der Waals surface area contributed by atoms with E-state index in [-0.39, 0.29) is 5.97 Å². The standard InChI is InChI=1S/C18H20N2O3/c1-4-8-18(23-12(3)21)17-14(7-9-22-18)15-13(10-19)6-5-11(2)16(15)20-17/h5-6,20H,4,7-9H2,1-3H3. The third-order valence-corrected chi connectivity index (χ3v) is 4.34. The second-order valence-corrected chi connectivity index (χ2v) is 5.97. The molecular weight excluding hydrogens is 292 g/mol. The van der Waals surface area contributed by atoms with Crippen LogP contribution in [0.5, 0.6) is 0 Å². The Hall–Kier alpha value is -2.32. The van der Waals surface area contributed by atoms with Gasteiger partial charge in [-0.15, -0.1) is 0 Å². The van der Waals surface area contributed by atoms with E-state index >= 15 is 0 Å². The van der Waals surface area contributed by atoms with Gasteiger partial charge in [-0.25, -0.2) is 0 Å². The van der Waals surface area contributed by atoms with Crippen molar-refractivity contribution in [1.29, 1.82) is 5.26 Å². The predicted octanol–water partition coefficient (Wildman–Crippen LogP) is 3.44. The molecule has 2 aromatic rings. The molecule has 1 aromatic carbocycles. The number of fused-ring (bicyclic) bond motifs is 3. The van der Waals surface area contributed by atoms with E-state index in [9.17, 15) is 10.1 Å². The number of carbonyl (C=O) groups excluding carboxylic acids is 1. The molecule has 0 spiro atoms. The lowest BCUT2D eigenvalue weighted by molar-refractivity contribution is -0.247. The number of hydrogen-bond donors (Lipinski definition) is 1. The number of benzene rings is 1. The molecule has 1 aliphatic rings. The molecule has 1 unspecified atom stereocenters. The van der Waals surface area contributed by atoms with Crippen LogP contribution in [0.1, 0.15) is 49.1 Å². The summed E-state index contributed by atoms with van der Waals surface area (Å²) in [7, 11) is 0. The first-order valence-electron chi connectivity index (χ1n) is 7.90. The summed E-state index contributed by atoms with van der Waals surface area (Å²) in [4.78, 5) is 15.0. The van der Waals surface area contributed by atoms with Crippen LogP contribution in [0.3, 0.4) is 0 Å². The number of hydrogen-bond acceptors (Lipinski definition) is 4. The van der Waals surface area contributed by atoms with Gasteiger partial charge >= 0.3 is 5.97 Å². The van der Waals surface area contributed by atoms with Crippen molar-refractivity contribution in [2.24, 2.45) is 0 Å². The molecule has 5 nitrogen and oxygen atoms in total. The second-order valence-electron chi connectivity index (χ2n) is 5.97. The van der Waals surface area contributed by atoms with E-state index in [4.69, 9.17) is 9.47 Å². The lowest BCUT2D eigenvalue weighted by atomic mass is 9.94. The van der Waals surface area contributed by atoms with Crippen molar-refractivity contribution in [2.45, 2.75) is 45.8 Å². The van der Waals surface area contributed by atoms with Crippen LogP contribution in [0.2, 0.25) is 0 Å². The molecule has 1 N–H and O–H groups in total. The molecule has 0 amide bonds. The minimum atomic E-state index is -1.08. The molecule has 1 aromatic heterocycles. The molecule has 23 heavy (non-hydrogen) atoms. The first-order chi connectivity index (χ1) is 11.0. The average Bonchev–Trinajstić information content (AvgIpc) is 2.90. The van der Waals surface area contributed by atoms with Crippen LogP contribution >= 0.6 is 0 Å². The number of carbonyl (C=O) groups is 1. The Morgan fingerprint density at radius 1 is 1.52 bits per heavy atom. The minimum Gasteiger partial charge on any atom is -0.427 e. The van der Waals surface area contributed by atoms with Crippen LogP contribution < -0.4 is 0 Å². The average molecular weight is 312 g/mol. The van der Waals surface area contributed by atoms with Gasteiger partial charge in [0.15, 0.2) is 0 Å². The second kappa shape index (κ2) is 5.71. The van der Waals surface area contributed by atoms with Crippen molar-refractivity contribution in [3.63, 3.8) is 0 Å². The zero-order valence-corrected chi connectivity index (χ0v) is 13.7. The van der Waals surface area contributed by atoms with Crippen LogP contribution in [0, 0.1) is 18.3 Å². The number of ether oxygens (including phenoxy) is 2. The van der Waals surface area contributed by atoms with Crippen LogP contribution in [-0.2, 0) is 26.5 Å². The Morgan fingerprint density at radius 2 is 2.30 bits per heavy atom. The van der Waals surface area contributed by atoms with E-state index in [2.05, 4.69) is 11.1 Å². The zero-order chi connectivity index (χ0) is 16.6. The Balaban J connectivity index is 2.30. The maximum absolute atomic E-state index is 11.6. The highest BCUT2D eigenvalue weighted by atomic mass is 16.7. The van der Waals surface area contributed by atoms with Crippen molar-refractivity contribution < 1.29 is 14.3 Å². The van der Waals surface area contributed by atoms with Crippen molar-refractivity contribution >= 4 is 16.9 Å². The summed E-state index contributed by atoms with van der Waals surface area (Å²) in [6, 6.07) is 6.03. The quantitative estimate of drug-likeness (QED) is 0.881. The van der Waals surface area contributed by atoms with Crippen molar-refractivity contribution in [3.8, 4) is 6.07 Å². The minimum absolute atomic E-state index is 0.373. The number of H-pyrrole nitrogens is 1. The Bertz CT molecular complexity index is 816. The topological polar surface area (TPSA) is 75.1 Å². The van der Waals surface area contributed by atoms with Crippen molar-refractivity contribution in [3.05, 3.63) is 34.5 Å². The monoisotopic (exact) mass is 312 g/mol. The van der Waals surface area contributed by atoms with E-state index in [0.29, 0.717) is 25.0 Å². The normalized spacial score (nSPS) is 20.1. The number of nitrogens with zero attached hydrogens (tertiary/aromatic N) is 1. The van der Waals surface area contributed by atoms with Crippen LogP contribution in [-0.4, -0.2) is 17.6 Å². The van der Waals surface area contributed by atoms with Crippen LogP contribution in [0.4, 0.5) is 0 Å². The van der Waals surface area contributed by atoms with Crippen LogP contribution in [0.15, 0.2) is 12.1 Å². The Labute approximate surface area is 135 Å². The summed E-state index contributed by atoms with van der Waals surface area (Å²) in [5, 5.41) is 10.4. The van der Waals surface area contributed by atoms with E-state index < -0.39 is 5.79 Å². The molecule has 0 fully saturated rings. The lowest BCUT2D eigenvalue weighted by Gasteiger charge is -2.36. The van der Waals surface area contributed by atoms with Gasteiger partial charge in [-0.1, -0.05) is 13.0 Å². The highest BCUT2D eigenvalue weighted by Gasteiger charge is 2.43. The third kappa shape index (κ3) is 2.40. The van der Waals surface area contributed by atoms with Gasteiger partial charge in [0.2, 0.25) is 0 Å². The van der Waals surface area contributed by atoms with Crippen molar-refractivity contribution in [2.75, 3.05) is 6.61 Å². The van der Waals surface area contributed by atoms with Gasteiger partial charge in [0.25, 0.3) is 5.79 Å². The molecule has 120 valence electrons. The first kappa shape index (κ1) is 15.6. The van der Waals surface area contributed by atoms with Gasteiger partial charge in [0.1, 0.15) is 0 Å². The number of rotatable bonds is 3. The lowest BCUT2D eigenvalue weighted by Crippen LogP contribution is -2.39. The number of nitrogens with one attached hydrogen (secondary N) is 1. The molecule has 0 aliphatic carbocycles. The molecule has 1 aliphatic heterocycles. The fourth-order valence-corrected chi connectivity index (χ4v) is 3.46. The zero-order valence-electron chi connectivity index (χ0n) is 13.7. The van der Waals surface area contributed by atoms with Gasteiger partial charge in [0.05, 0.1) is 29.5 Å². The summed E-state index contributed by atoms with van der Waals surface area (Å²) < 4.78 is 11.5. The first-order valence-corrected chi connectivity index (χ1v) is 7.90. The maximum atomic E-state index is 11.6. The van der Waals surface area contributed by atoms with Gasteiger partial charge in [-0.3, -0.25) is 4.79 Å². The summed E-state index contributed by atoms with van der Waals surface area (Å²) in [5.41, 5.74) is 4.43. The van der Waals surface area contributed by atoms with E-state index in [1.165, 1.54) is 6.92 Å². The van der Waals surface area contributed by atoms with Gasteiger partial charge < -0.3 is 14.5 Å². The smallest absolute Gasteiger partial charge is 0.305 e. The summed E-state index contributed by atoms with van der Waals surface area (Å²) >= 11 is 0. The summed E-state index contributed by atoms with van der Waals surface area (Å²) in [5.74, 6) is -1.45. The molecule has 0 bridgehead atoms. The number of aromatic amines is 1. The number of nitriles is 1. The number of aryl methyl sites for hydroxylation is 1. The molecular formula is C18H20N2O3. The third-order valence-electron chi connectivity index (χ3n) is 4.34. The van der Waals surface area contributed by atoms with Gasteiger partial charge in [0, 0.05) is 18.7 Å². The fourth-order valence-electron chi connectivity index (χ4n) is 3.46. The predicted molar refractivity (Wildman–Crippen MR) is 85.8 cm³/mol. The number of esters is 1. The summed E-state index contributed by atoms with van der Waals surface area (Å²) in [6.07, 6.45) is 2.08. The van der Waals surface area contributed by atoms with Crippen molar-refractivity contribution in [1.82, 2.24) is 4.98 Å². The highest BCUT2D eigenvalue weighted by Crippen LogP contribution is 2.42. The van der Waals surface area contributed by atoms with Gasteiger partial charge in [-0.05, 0) is 37.0 Å². The maximum Gasteiger partial charge on any atom is 0.305 e. The summed E-state index contributed by atoms with van der Waals surface area (Å²) in [6.45, 7) is 5.88. The van der Waals surface area contributed by atoms with E-state index in [1.54, 1.807) is 0 Å². The molecule has 3 rings (SSSR count). The highest BCUT2D eigenvalue weighted by molar-refractivity contribution is 5.92. The molecule has 0 radical (unpaired) electrons. The Kier molecular flexibility index (Phi) is 3.87. The molecule has 5 heteroatoms. The molecule has 0 saturated heterocycles. The molecule has 0 saturated carbocycles. The van der Waals surface area contributed by atoms with E-state index in [0.717, 1.165) is 34.1 Å².